The molecular weight excluding hydrogens is 390 g/mol. The highest BCUT2D eigenvalue weighted by atomic mass is 32.2. The zero-order valence-corrected chi connectivity index (χ0v) is 16.6. The van der Waals surface area contributed by atoms with Crippen LogP contribution in [0.25, 0.3) is 0 Å². The van der Waals surface area contributed by atoms with E-state index in [0.717, 1.165) is 25.5 Å². The molecule has 2 rings (SSSR count). The number of hydrogen-bond donors (Lipinski definition) is 5. The van der Waals surface area contributed by atoms with Gasteiger partial charge in [-0.15, -0.1) is 0 Å². The summed E-state index contributed by atoms with van der Waals surface area (Å²) < 4.78 is 24.2. The highest BCUT2D eigenvalue weighted by Crippen LogP contribution is 2.25. The summed E-state index contributed by atoms with van der Waals surface area (Å²) in [5.74, 6) is -1.01. The van der Waals surface area contributed by atoms with Crippen LogP contribution in [0.1, 0.15) is 38.5 Å². The molecule has 2 unspecified atom stereocenters. The summed E-state index contributed by atoms with van der Waals surface area (Å²) in [5, 5.41) is 10.2. The number of urea groups is 1. The topological polar surface area (TPSA) is 163 Å². The minimum atomic E-state index is -3.26. The Labute approximate surface area is 163 Å². The molecule has 1 aliphatic heterocycles. The first kappa shape index (κ1) is 22.1. The summed E-state index contributed by atoms with van der Waals surface area (Å²) in [6.07, 6.45) is 4.07. The van der Waals surface area contributed by atoms with Gasteiger partial charge in [0, 0.05) is 25.6 Å². The summed E-state index contributed by atoms with van der Waals surface area (Å²) in [6, 6.07) is -1.71. The number of nitrogens with one attached hydrogen (secondary N) is 5. The lowest BCUT2D eigenvalue weighted by Crippen LogP contribution is -2.59. The number of rotatable bonds is 9. The zero-order valence-electron chi connectivity index (χ0n) is 15.7. The lowest BCUT2D eigenvalue weighted by Gasteiger charge is -2.26. The largest absolute Gasteiger partial charge is 0.356 e. The maximum absolute atomic E-state index is 12.3. The molecule has 1 aliphatic carbocycles. The minimum Gasteiger partial charge on any atom is -0.356 e. The second-order valence-corrected chi connectivity index (χ2v) is 8.99. The van der Waals surface area contributed by atoms with E-state index >= 15 is 0 Å². The lowest BCUT2D eigenvalue weighted by molar-refractivity contribution is -0.129. The molecule has 11 nitrogen and oxygen atoms in total. The second-order valence-electron chi connectivity index (χ2n) is 7.16. The smallest absolute Gasteiger partial charge is 0.322 e. The number of carbonyl (C=O) groups excluding carboxylic acids is 4. The van der Waals surface area contributed by atoms with Crippen molar-refractivity contribution in [1.82, 2.24) is 26.0 Å². The van der Waals surface area contributed by atoms with Gasteiger partial charge in [0.05, 0.1) is 12.7 Å². The Balaban J connectivity index is 1.72. The molecule has 0 bridgehead atoms. The summed E-state index contributed by atoms with van der Waals surface area (Å²) in [7, 11) is -3.26. The Hall–Kier alpha value is -2.21. The molecule has 2 fully saturated rings. The van der Waals surface area contributed by atoms with Crippen molar-refractivity contribution in [3.8, 4) is 0 Å². The van der Waals surface area contributed by atoms with Crippen LogP contribution in [0.15, 0.2) is 0 Å². The van der Waals surface area contributed by atoms with Gasteiger partial charge in [0.1, 0.15) is 6.04 Å². The van der Waals surface area contributed by atoms with Gasteiger partial charge in [0.2, 0.25) is 27.7 Å². The van der Waals surface area contributed by atoms with Crippen molar-refractivity contribution < 1.29 is 27.6 Å². The minimum absolute atomic E-state index is 0.0650. The highest BCUT2D eigenvalue weighted by Gasteiger charge is 2.34. The van der Waals surface area contributed by atoms with Gasteiger partial charge in [0.15, 0.2) is 0 Å². The third-order valence-electron chi connectivity index (χ3n) is 4.76. The predicted octanol–water partition coefficient (Wildman–Crippen LogP) is -1.68. The van der Waals surface area contributed by atoms with E-state index in [1.54, 1.807) is 0 Å². The molecule has 1 heterocycles. The Kier molecular flexibility index (Phi) is 7.75. The highest BCUT2D eigenvalue weighted by molar-refractivity contribution is 7.88. The fourth-order valence-electron chi connectivity index (χ4n) is 3.36. The van der Waals surface area contributed by atoms with Gasteiger partial charge in [-0.3, -0.25) is 19.7 Å². The van der Waals surface area contributed by atoms with E-state index in [0.29, 0.717) is 13.0 Å². The van der Waals surface area contributed by atoms with E-state index in [-0.39, 0.29) is 37.3 Å². The third-order valence-corrected chi connectivity index (χ3v) is 5.49. The molecule has 0 radical (unpaired) electrons. The van der Waals surface area contributed by atoms with Gasteiger partial charge in [-0.05, 0) is 25.2 Å². The maximum atomic E-state index is 12.3. The molecule has 5 N–H and O–H groups in total. The SMILES string of the molecule is CS(=O)(=O)NCCCC(=O)NCC1CCCC1NC(=O)[C@@H]1CC(=O)NC(=O)N1. The lowest BCUT2D eigenvalue weighted by atomic mass is 10.0. The summed E-state index contributed by atoms with van der Waals surface area (Å²) in [4.78, 5) is 47.0. The molecule has 28 heavy (non-hydrogen) atoms. The quantitative estimate of drug-likeness (QED) is 0.281. The number of amides is 5. The van der Waals surface area contributed by atoms with Crippen molar-refractivity contribution in [2.24, 2.45) is 5.92 Å². The van der Waals surface area contributed by atoms with E-state index in [9.17, 15) is 27.6 Å². The van der Waals surface area contributed by atoms with E-state index in [1.165, 1.54) is 0 Å². The molecule has 12 heteroatoms. The first-order valence-electron chi connectivity index (χ1n) is 9.26. The Morgan fingerprint density at radius 1 is 1.21 bits per heavy atom. The molecule has 1 saturated carbocycles. The molecule has 3 atom stereocenters. The van der Waals surface area contributed by atoms with Gasteiger partial charge in [-0.1, -0.05) is 6.42 Å². The van der Waals surface area contributed by atoms with Crippen LogP contribution < -0.4 is 26.0 Å². The van der Waals surface area contributed by atoms with Crippen LogP contribution in [0.3, 0.4) is 0 Å². The van der Waals surface area contributed by atoms with Crippen LogP contribution in [0, 0.1) is 5.92 Å². The fraction of sp³-hybridized carbons (Fsp3) is 0.750. The van der Waals surface area contributed by atoms with Crippen molar-refractivity contribution in [3.63, 3.8) is 0 Å². The molecular formula is C16H27N5O6S. The third kappa shape index (κ3) is 7.43. The Morgan fingerprint density at radius 2 is 1.96 bits per heavy atom. The Morgan fingerprint density at radius 3 is 2.64 bits per heavy atom. The van der Waals surface area contributed by atoms with Gasteiger partial charge in [-0.2, -0.15) is 0 Å². The van der Waals surface area contributed by atoms with Gasteiger partial charge < -0.3 is 16.0 Å². The Bertz CT molecular complexity index is 709. The number of imide groups is 1. The maximum Gasteiger partial charge on any atom is 0.322 e. The fourth-order valence-corrected chi connectivity index (χ4v) is 3.88. The van der Waals surface area contributed by atoms with Gasteiger partial charge in [0.25, 0.3) is 0 Å². The average Bonchev–Trinajstić information content (AvgIpc) is 3.02. The molecule has 0 aromatic carbocycles. The summed E-state index contributed by atoms with van der Waals surface area (Å²) in [6.45, 7) is 0.607. The van der Waals surface area contributed by atoms with E-state index in [1.807, 2.05) is 0 Å². The number of sulfonamides is 1. The molecule has 5 amide bonds. The average molecular weight is 417 g/mol. The molecule has 1 saturated heterocycles. The standard InChI is InChI=1S/C16H27N5O6S/c1-28(26,27)18-7-3-6-13(22)17-9-10-4-2-5-11(10)19-15(24)12-8-14(23)21-16(25)20-12/h10-12,18H,2-9H2,1H3,(H,17,22)(H,19,24)(H2,20,21,23,25)/t10?,11?,12-/m0/s1. The van der Waals surface area contributed by atoms with Crippen LogP contribution in [-0.4, -0.2) is 63.6 Å². The number of hydrogen-bond acceptors (Lipinski definition) is 6. The van der Waals surface area contributed by atoms with Crippen molar-refractivity contribution in [1.29, 1.82) is 0 Å². The molecule has 158 valence electrons. The van der Waals surface area contributed by atoms with Crippen LogP contribution in [0.5, 0.6) is 0 Å². The first-order chi connectivity index (χ1) is 13.1. The van der Waals surface area contributed by atoms with Crippen LogP contribution in [0.4, 0.5) is 4.79 Å². The van der Waals surface area contributed by atoms with Crippen LogP contribution in [-0.2, 0) is 24.4 Å². The van der Waals surface area contributed by atoms with Crippen molar-refractivity contribution in [2.75, 3.05) is 19.3 Å². The van der Waals surface area contributed by atoms with Gasteiger partial charge in [-0.25, -0.2) is 17.9 Å². The van der Waals surface area contributed by atoms with E-state index < -0.39 is 33.9 Å². The molecule has 0 aromatic heterocycles. The molecule has 0 aromatic rings. The monoisotopic (exact) mass is 417 g/mol. The van der Waals surface area contributed by atoms with E-state index in [4.69, 9.17) is 0 Å². The van der Waals surface area contributed by atoms with Crippen LogP contribution in [0.2, 0.25) is 0 Å². The molecule has 2 aliphatic rings. The summed E-state index contributed by atoms with van der Waals surface area (Å²) >= 11 is 0. The summed E-state index contributed by atoms with van der Waals surface area (Å²) in [5.41, 5.74) is 0. The van der Waals surface area contributed by atoms with Gasteiger partial charge >= 0.3 is 6.03 Å². The number of carbonyl (C=O) groups is 4. The second kappa shape index (κ2) is 9.82. The van der Waals surface area contributed by atoms with Crippen LogP contribution >= 0.6 is 0 Å². The van der Waals surface area contributed by atoms with Crippen molar-refractivity contribution in [2.45, 2.75) is 50.6 Å². The van der Waals surface area contributed by atoms with Crippen molar-refractivity contribution >= 4 is 33.8 Å². The molecule has 0 spiro atoms. The van der Waals surface area contributed by atoms with E-state index in [2.05, 4.69) is 26.0 Å². The van der Waals surface area contributed by atoms with Crippen molar-refractivity contribution in [3.05, 3.63) is 0 Å². The zero-order chi connectivity index (χ0) is 20.7. The normalized spacial score (nSPS) is 25.0. The predicted molar refractivity (Wildman–Crippen MR) is 99.4 cm³/mol. The first-order valence-corrected chi connectivity index (χ1v) is 11.2.